The maximum atomic E-state index is 13.4. The van der Waals surface area contributed by atoms with Gasteiger partial charge in [0, 0.05) is 18.3 Å². The predicted molar refractivity (Wildman–Crippen MR) is 58.1 cm³/mol. The van der Waals surface area contributed by atoms with E-state index in [9.17, 15) is 9.18 Å². The molecule has 0 saturated carbocycles. The standard InChI is InChI=1S/C11H8ClFN2O/c1-15-10(4-5-14-15)11(16)8-6-7(12)2-3-9(8)13/h2-6H,1H3. The molecule has 0 aliphatic heterocycles. The molecule has 0 aliphatic carbocycles. The van der Waals surface area contributed by atoms with Gasteiger partial charge in [-0.3, -0.25) is 9.48 Å². The Labute approximate surface area is 96.5 Å². The number of benzene rings is 1. The van der Waals surface area contributed by atoms with Gasteiger partial charge in [0.1, 0.15) is 11.5 Å². The Balaban J connectivity index is 2.49. The van der Waals surface area contributed by atoms with Crippen molar-refractivity contribution >= 4 is 17.4 Å². The fourth-order valence-corrected chi connectivity index (χ4v) is 1.58. The van der Waals surface area contributed by atoms with Crippen LogP contribution in [0.3, 0.4) is 0 Å². The summed E-state index contributed by atoms with van der Waals surface area (Å²) >= 11 is 5.72. The van der Waals surface area contributed by atoms with Crippen LogP contribution in [0.5, 0.6) is 0 Å². The second-order valence-electron chi connectivity index (χ2n) is 3.29. The van der Waals surface area contributed by atoms with E-state index in [1.807, 2.05) is 0 Å². The van der Waals surface area contributed by atoms with Crippen LogP contribution >= 0.6 is 11.6 Å². The Hall–Kier alpha value is -1.68. The largest absolute Gasteiger partial charge is 0.287 e. The smallest absolute Gasteiger partial charge is 0.213 e. The lowest BCUT2D eigenvalue weighted by molar-refractivity contribution is 0.102. The third kappa shape index (κ3) is 1.84. The molecule has 82 valence electrons. The number of ketones is 1. The van der Waals surface area contributed by atoms with Crippen LogP contribution in [0.1, 0.15) is 16.1 Å². The van der Waals surface area contributed by atoms with E-state index in [1.54, 1.807) is 7.05 Å². The molecule has 5 heteroatoms. The van der Waals surface area contributed by atoms with E-state index in [0.717, 1.165) is 0 Å². The second-order valence-corrected chi connectivity index (χ2v) is 3.73. The van der Waals surface area contributed by atoms with Gasteiger partial charge in [0.15, 0.2) is 0 Å². The summed E-state index contributed by atoms with van der Waals surface area (Å²) in [6.07, 6.45) is 1.48. The minimum atomic E-state index is -0.587. The number of carbonyl (C=O) groups excluding carboxylic acids is 1. The van der Waals surface area contributed by atoms with E-state index >= 15 is 0 Å². The van der Waals surface area contributed by atoms with E-state index in [-0.39, 0.29) is 5.56 Å². The van der Waals surface area contributed by atoms with Gasteiger partial charge in [-0.1, -0.05) is 11.6 Å². The average molecular weight is 239 g/mol. The molecule has 0 amide bonds. The lowest BCUT2D eigenvalue weighted by Gasteiger charge is -2.03. The second kappa shape index (κ2) is 4.06. The van der Waals surface area contributed by atoms with Gasteiger partial charge in [-0.2, -0.15) is 5.10 Å². The lowest BCUT2D eigenvalue weighted by atomic mass is 10.1. The van der Waals surface area contributed by atoms with Crippen molar-refractivity contribution < 1.29 is 9.18 Å². The monoisotopic (exact) mass is 238 g/mol. The number of hydrogen-bond acceptors (Lipinski definition) is 2. The van der Waals surface area contributed by atoms with Gasteiger partial charge in [0.05, 0.1) is 5.56 Å². The van der Waals surface area contributed by atoms with Crippen LogP contribution in [0.15, 0.2) is 30.5 Å². The molecule has 0 fully saturated rings. The summed E-state index contributed by atoms with van der Waals surface area (Å²) < 4.78 is 14.8. The van der Waals surface area contributed by atoms with E-state index in [0.29, 0.717) is 10.7 Å². The van der Waals surface area contributed by atoms with Gasteiger partial charge in [-0.25, -0.2) is 4.39 Å². The fourth-order valence-electron chi connectivity index (χ4n) is 1.41. The first-order valence-electron chi connectivity index (χ1n) is 4.57. The summed E-state index contributed by atoms with van der Waals surface area (Å²) in [6.45, 7) is 0. The molecule has 16 heavy (non-hydrogen) atoms. The molecule has 1 aromatic heterocycles. The highest BCUT2D eigenvalue weighted by molar-refractivity contribution is 6.31. The van der Waals surface area contributed by atoms with Crippen molar-refractivity contribution in [2.45, 2.75) is 0 Å². The number of nitrogens with zero attached hydrogens (tertiary/aromatic N) is 2. The van der Waals surface area contributed by atoms with Crippen LogP contribution in [0.2, 0.25) is 5.02 Å². The van der Waals surface area contributed by atoms with Crippen molar-refractivity contribution in [3.8, 4) is 0 Å². The summed E-state index contributed by atoms with van der Waals surface area (Å²) in [7, 11) is 1.62. The summed E-state index contributed by atoms with van der Waals surface area (Å²) in [6, 6.07) is 5.41. The number of aromatic nitrogens is 2. The molecule has 3 nitrogen and oxygen atoms in total. The number of carbonyl (C=O) groups is 1. The zero-order valence-corrected chi connectivity index (χ0v) is 9.20. The molecule has 0 atom stereocenters. The number of aryl methyl sites for hydroxylation is 1. The normalized spacial score (nSPS) is 10.4. The van der Waals surface area contributed by atoms with Crippen LogP contribution in [-0.4, -0.2) is 15.6 Å². The van der Waals surface area contributed by atoms with E-state index in [4.69, 9.17) is 11.6 Å². The summed E-state index contributed by atoms with van der Waals surface area (Å²) in [5.74, 6) is -1.02. The Morgan fingerprint density at radius 1 is 1.44 bits per heavy atom. The third-order valence-electron chi connectivity index (χ3n) is 2.23. The van der Waals surface area contributed by atoms with Crippen molar-refractivity contribution in [2.24, 2.45) is 7.05 Å². The minimum absolute atomic E-state index is 0.0453. The minimum Gasteiger partial charge on any atom is -0.287 e. The first-order chi connectivity index (χ1) is 7.59. The SMILES string of the molecule is Cn1nccc1C(=O)c1cc(Cl)ccc1F. The predicted octanol–water partition coefficient (Wildman–Crippen LogP) is 2.44. The van der Waals surface area contributed by atoms with Crippen molar-refractivity contribution in [3.05, 3.63) is 52.6 Å². The van der Waals surface area contributed by atoms with Gasteiger partial charge in [-0.15, -0.1) is 0 Å². The average Bonchev–Trinajstić information content (AvgIpc) is 2.67. The third-order valence-corrected chi connectivity index (χ3v) is 2.46. The molecular formula is C11H8ClFN2O. The summed E-state index contributed by atoms with van der Waals surface area (Å²) in [5.41, 5.74) is 0.275. The van der Waals surface area contributed by atoms with Crippen molar-refractivity contribution in [1.82, 2.24) is 9.78 Å². The molecule has 0 radical (unpaired) electrons. The van der Waals surface area contributed by atoms with Crippen LogP contribution < -0.4 is 0 Å². The topological polar surface area (TPSA) is 34.9 Å². The van der Waals surface area contributed by atoms with Gasteiger partial charge >= 0.3 is 0 Å². The zero-order valence-electron chi connectivity index (χ0n) is 8.45. The molecule has 2 aromatic rings. The van der Waals surface area contributed by atoms with Crippen LogP contribution in [0.4, 0.5) is 4.39 Å². The van der Waals surface area contributed by atoms with Crippen LogP contribution in [-0.2, 0) is 7.05 Å². The highest BCUT2D eigenvalue weighted by atomic mass is 35.5. The molecule has 2 rings (SSSR count). The van der Waals surface area contributed by atoms with Gasteiger partial charge in [0.25, 0.3) is 0 Å². The van der Waals surface area contributed by atoms with Crippen molar-refractivity contribution in [1.29, 1.82) is 0 Å². The zero-order chi connectivity index (χ0) is 11.7. The van der Waals surface area contributed by atoms with Gasteiger partial charge in [0.2, 0.25) is 5.78 Å². The Bertz CT molecular complexity index is 551. The highest BCUT2D eigenvalue weighted by Crippen LogP contribution is 2.18. The number of halogens is 2. The fraction of sp³-hybridized carbons (Fsp3) is 0.0909. The molecule has 0 N–H and O–H groups in total. The molecule has 0 spiro atoms. The molecule has 1 aromatic carbocycles. The molecule has 0 bridgehead atoms. The molecule has 0 aliphatic rings. The van der Waals surface area contributed by atoms with Gasteiger partial charge < -0.3 is 0 Å². The number of rotatable bonds is 2. The first-order valence-corrected chi connectivity index (χ1v) is 4.95. The number of hydrogen-bond donors (Lipinski definition) is 0. The van der Waals surface area contributed by atoms with Crippen LogP contribution in [0.25, 0.3) is 0 Å². The Morgan fingerprint density at radius 3 is 2.81 bits per heavy atom. The maximum Gasteiger partial charge on any atom is 0.213 e. The van der Waals surface area contributed by atoms with Gasteiger partial charge in [-0.05, 0) is 24.3 Å². The molecule has 0 saturated heterocycles. The molecule has 1 heterocycles. The molecule has 0 unspecified atom stereocenters. The summed E-state index contributed by atoms with van der Waals surface area (Å²) in [4.78, 5) is 11.9. The van der Waals surface area contributed by atoms with Crippen LogP contribution in [0, 0.1) is 5.82 Å². The summed E-state index contributed by atoms with van der Waals surface area (Å²) in [5, 5.41) is 4.18. The quantitative estimate of drug-likeness (QED) is 0.754. The van der Waals surface area contributed by atoms with E-state index in [2.05, 4.69) is 5.10 Å². The van der Waals surface area contributed by atoms with E-state index < -0.39 is 11.6 Å². The Morgan fingerprint density at radius 2 is 2.19 bits per heavy atom. The molecular weight excluding hydrogens is 231 g/mol. The lowest BCUT2D eigenvalue weighted by Crippen LogP contribution is -2.09. The van der Waals surface area contributed by atoms with E-state index in [1.165, 1.54) is 35.1 Å². The van der Waals surface area contributed by atoms with Crippen molar-refractivity contribution in [2.75, 3.05) is 0 Å². The maximum absolute atomic E-state index is 13.4. The Kier molecular flexibility index (Phi) is 2.75. The van der Waals surface area contributed by atoms with Crippen molar-refractivity contribution in [3.63, 3.8) is 0 Å². The first kappa shape index (κ1) is 10.8. The highest BCUT2D eigenvalue weighted by Gasteiger charge is 2.17.